The number of nitrogens with one attached hydrogen (secondary N) is 1. The topological polar surface area (TPSA) is 72.2 Å². The lowest BCUT2D eigenvalue weighted by Crippen LogP contribution is -2.48. The minimum Gasteiger partial charge on any atom is -0.368 e. The fourth-order valence-electron chi connectivity index (χ4n) is 1.82. The molecule has 110 valence electrons. The number of hydrogen-bond donors (Lipinski definition) is 2. The molecule has 0 saturated carbocycles. The Morgan fingerprint density at radius 2 is 1.85 bits per heavy atom. The molecular weight excluding hydrogens is 266 g/mol. The number of primary amides is 1. The number of halogens is 2. The van der Waals surface area contributed by atoms with Gasteiger partial charge in [-0.3, -0.25) is 9.59 Å². The number of amides is 2. The monoisotopic (exact) mass is 284 g/mol. The molecule has 2 atom stereocenters. The molecule has 2 amide bonds. The first-order valence-corrected chi connectivity index (χ1v) is 6.38. The van der Waals surface area contributed by atoms with Crippen LogP contribution >= 0.6 is 0 Å². The average Bonchev–Trinajstić information content (AvgIpc) is 2.39. The Hall–Kier alpha value is -1.98. The summed E-state index contributed by atoms with van der Waals surface area (Å²) >= 11 is 0. The van der Waals surface area contributed by atoms with Crippen LogP contribution in [0.15, 0.2) is 18.2 Å². The van der Waals surface area contributed by atoms with Crippen LogP contribution < -0.4 is 11.1 Å². The van der Waals surface area contributed by atoms with E-state index >= 15 is 0 Å². The summed E-state index contributed by atoms with van der Waals surface area (Å²) in [5.41, 5.74) is 4.89. The van der Waals surface area contributed by atoms with E-state index in [0.717, 1.165) is 12.1 Å². The number of hydrogen-bond acceptors (Lipinski definition) is 2. The van der Waals surface area contributed by atoms with Crippen LogP contribution in [0.3, 0.4) is 0 Å². The molecule has 20 heavy (non-hydrogen) atoms. The number of benzene rings is 1. The lowest BCUT2D eigenvalue weighted by molar-refractivity contribution is -0.128. The Morgan fingerprint density at radius 3 is 2.30 bits per heavy atom. The molecule has 0 fully saturated rings. The smallest absolute Gasteiger partial charge is 0.240 e. The van der Waals surface area contributed by atoms with E-state index in [1.807, 2.05) is 6.92 Å². The predicted octanol–water partition coefficient (Wildman–Crippen LogP) is 1.52. The van der Waals surface area contributed by atoms with Crippen LogP contribution in [0.4, 0.5) is 8.78 Å². The number of rotatable bonds is 6. The normalized spacial score (nSPS) is 13.6. The summed E-state index contributed by atoms with van der Waals surface area (Å²) in [4.78, 5) is 23.1. The van der Waals surface area contributed by atoms with Crippen molar-refractivity contribution in [2.24, 2.45) is 11.7 Å². The first kappa shape index (κ1) is 16.1. The van der Waals surface area contributed by atoms with Gasteiger partial charge in [-0.2, -0.15) is 0 Å². The molecule has 0 unspecified atom stereocenters. The molecule has 0 aliphatic rings. The van der Waals surface area contributed by atoms with Crippen molar-refractivity contribution in [1.82, 2.24) is 5.32 Å². The lowest BCUT2D eigenvalue weighted by Gasteiger charge is -2.21. The lowest BCUT2D eigenvalue weighted by atomic mass is 9.98. The fourth-order valence-corrected chi connectivity index (χ4v) is 1.82. The van der Waals surface area contributed by atoms with E-state index < -0.39 is 35.9 Å². The van der Waals surface area contributed by atoms with Gasteiger partial charge >= 0.3 is 0 Å². The third kappa shape index (κ3) is 4.01. The SMILES string of the molecule is CC[C@H](C)[C@H](NC(=O)Cc1c(F)cccc1F)C(N)=O. The molecule has 0 bridgehead atoms. The van der Waals surface area contributed by atoms with Gasteiger partial charge in [0.25, 0.3) is 0 Å². The third-order valence-electron chi connectivity index (χ3n) is 3.24. The van der Waals surface area contributed by atoms with Crippen LogP contribution in [-0.4, -0.2) is 17.9 Å². The zero-order chi connectivity index (χ0) is 15.3. The molecule has 0 radical (unpaired) electrons. The summed E-state index contributed by atoms with van der Waals surface area (Å²) in [7, 11) is 0. The predicted molar refractivity (Wildman–Crippen MR) is 70.6 cm³/mol. The van der Waals surface area contributed by atoms with Crippen molar-refractivity contribution >= 4 is 11.8 Å². The summed E-state index contributed by atoms with van der Waals surface area (Å²) in [6, 6.07) is 2.53. The van der Waals surface area contributed by atoms with Crippen molar-refractivity contribution in [1.29, 1.82) is 0 Å². The van der Waals surface area contributed by atoms with Crippen LogP contribution in [0.1, 0.15) is 25.8 Å². The highest BCUT2D eigenvalue weighted by atomic mass is 19.1. The molecule has 0 aromatic heterocycles. The minimum atomic E-state index is -0.845. The molecule has 6 heteroatoms. The Kier molecular flexibility index (Phi) is 5.61. The molecule has 0 saturated heterocycles. The van der Waals surface area contributed by atoms with Crippen LogP contribution in [0.5, 0.6) is 0 Å². The second kappa shape index (κ2) is 6.98. The van der Waals surface area contributed by atoms with E-state index in [1.54, 1.807) is 6.92 Å². The van der Waals surface area contributed by atoms with Gasteiger partial charge < -0.3 is 11.1 Å². The maximum atomic E-state index is 13.4. The first-order valence-electron chi connectivity index (χ1n) is 6.38. The average molecular weight is 284 g/mol. The van der Waals surface area contributed by atoms with Gasteiger partial charge in [0, 0.05) is 5.56 Å². The standard InChI is InChI=1S/C14H18F2N2O2/c1-3-8(2)13(14(17)20)18-12(19)7-9-10(15)5-4-6-11(9)16/h4-6,8,13H,3,7H2,1-2H3,(H2,17,20)(H,18,19)/t8-,13-/m0/s1. The van der Waals surface area contributed by atoms with Gasteiger partial charge in [0.05, 0.1) is 6.42 Å². The van der Waals surface area contributed by atoms with Crippen molar-refractivity contribution in [3.05, 3.63) is 35.4 Å². The summed E-state index contributed by atoms with van der Waals surface area (Å²) in [6.45, 7) is 3.61. The van der Waals surface area contributed by atoms with Crippen molar-refractivity contribution in [2.75, 3.05) is 0 Å². The van der Waals surface area contributed by atoms with Crippen molar-refractivity contribution < 1.29 is 18.4 Å². The van der Waals surface area contributed by atoms with Gasteiger partial charge in [-0.1, -0.05) is 26.3 Å². The van der Waals surface area contributed by atoms with Crippen molar-refractivity contribution in [3.63, 3.8) is 0 Å². The number of carbonyl (C=O) groups excluding carboxylic acids is 2. The molecule has 1 rings (SSSR count). The third-order valence-corrected chi connectivity index (χ3v) is 3.24. The van der Waals surface area contributed by atoms with Gasteiger partial charge in [-0.05, 0) is 18.1 Å². The second-order valence-corrected chi connectivity index (χ2v) is 4.71. The van der Waals surface area contributed by atoms with E-state index in [2.05, 4.69) is 5.32 Å². The van der Waals surface area contributed by atoms with Gasteiger partial charge in [0.15, 0.2) is 0 Å². The molecule has 1 aromatic rings. The number of carbonyl (C=O) groups is 2. The zero-order valence-corrected chi connectivity index (χ0v) is 11.5. The molecule has 1 aromatic carbocycles. The summed E-state index contributed by atoms with van der Waals surface area (Å²) in [5, 5.41) is 2.42. The van der Waals surface area contributed by atoms with E-state index in [-0.39, 0.29) is 11.5 Å². The Morgan fingerprint density at radius 1 is 1.30 bits per heavy atom. The highest BCUT2D eigenvalue weighted by Gasteiger charge is 2.24. The Balaban J connectivity index is 2.79. The minimum absolute atomic E-state index is 0.151. The Labute approximate surface area is 116 Å². The van der Waals surface area contributed by atoms with E-state index in [9.17, 15) is 18.4 Å². The number of nitrogens with two attached hydrogens (primary N) is 1. The molecule has 0 aliphatic heterocycles. The van der Waals surface area contributed by atoms with Crippen molar-refractivity contribution in [3.8, 4) is 0 Å². The van der Waals surface area contributed by atoms with Crippen LogP contribution in [-0.2, 0) is 16.0 Å². The molecule has 4 nitrogen and oxygen atoms in total. The van der Waals surface area contributed by atoms with Gasteiger partial charge in [0.2, 0.25) is 11.8 Å². The maximum absolute atomic E-state index is 13.4. The molecular formula is C14H18F2N2O2. The van der Waals surface area contributed by atoms with Crippen molar-refractivity contribution in [2.45, 2.75) is 32.7 Å². The highest BCUT2D eigenvalue weighted by Crippen LogP contribution is 2.13. The molecule has 0 aliphatic carbocycles. The summed E-state index contributed by atoms with van der Waals surface area (Å²) in [6.07, 6.45) is 0.167. The molecule has 0 heterocycles. The van der Waals surface area contributed by atoms with E-state index in [0.29, 0.717) is 6.42 Å². The Bertz CT molecular complexity index is 486. The fraction of sp³-hybridized carbons (Fsp3) is 0.429. The summed E-state index contributed by atoms with van der Waals surface area (Å²) < 4.78 is 26.8. The maximum Gasteiger partial charge on any atom is 0.240 e. The zero-order valence-electron chi connectivity index (χ0n) is 11.5. The van der Waals surface area contributed by atoms with Crippen LogP contribution in [0.2, 0.25) is 0 Å². The molecule has 0 spiro atoms. The molecule has 3 N–H and O–H groups in total. The van der Waals surface area contributed by atoms with E-state index in [4.69, 9.17) is 5.73 Å². The largest absolute Gasteiger partial charge is 0.368 e. The quantitative estimate of drug-likeness (QED) is 0.831. The second-order valence-electron chi connectivity index (χ2n) is 4.71. The highest BCUT2D eigenvalue weighted by molar-refractivity contribution is 5.87. The van der Waals surface area contributed by atoms with Gasteiger partial charge in [-0.15, -0.1) is 0 Å². The van der Waals surface area contributed by atoms with Gasteiger partial charge in [0.1, 0.15) is 17.7 Å². The van der Waals surface area contributed by atoms with E-state index in [1.165, 1.54) is 6.07 Å². The van der Waals surface area contributed by atoms with Gasteiger partial charge in [-0.25, -0.2) is 8.78 Å². The first-order chi connectivity index (χ1) is 9.36. The summed E-state index contributed by atoms with van der Waals surface area (Å²) in [5.74, 6) is -3.04. The van der Waals surface area contributed by atoms with Crippen LogP contribution in [0.25, 0.3) is 0 Å². The van der Waals surface area contributed by atoms with Crippen LogP contribution in [0, 0.1) is 17.6 Å².